The van der Waals surface area contributed by atoms with Crippen molar-refractivity contribution in [3.05, 3.63) is 0 Å². The average molecular weight is 283 g/mol. The van der Waals surface area contributed by atoms with Crippen LogP contribution in [0.4, 0.5) is 0 Å². The van der Waals surface area contributed by atoms with E-state index in [1.807, 2.05) is 0 Å². The Morgan fingerprint density at radius 2 is 1.60 bits per heavy atom. The molecule has 1 aliphatic heterocycles. The van der Waals surface area contributed by atoms with E-state index in [0.717, 1.165) is 25.9 Å². The van der Waals surface area contributed by atoms with Crippen molar-refractivity contribution < 1.29 is 9.90 Å². The molecule has 20 heavy (non-hydrogen) atoms. The van der Waals surface area contributed by atoms with E-state index in [1.54, 1.807) is 0 Å². The smallest absolute Gasteiger partial charge is 0.175 e. The first-order valence-electron chi connectivity index (χ1n) is 8.67. The summed E-state index contributed by atoms with van der Waals surface area (Å²) in [7, 11) is 0. The molecular formula is C17H33NO2. The lowest BCUT2D eigenvalue weighted by Gasteiger charge is -2.26. The minimum absolute atomic E-state index is 0.0258. The summed E-state index contributed by atoms with van der Waals surface area (Å²) in [5.41, 5.74) is 0. The molecule has 1 atom stereocenters. The van der Waals surface area contributed by atoms with Gasteiger partial charge in [0.25, 0.3) is 0 Å². The highest BCUT2D eigenvalue weighted by Gasteiger charge is 2.19. The standard InChI is InChI=1S/C17H33NO2/c1-2-3-4-5-6-7-9-12-16(19)17(20)15-18-13-10-8-11-14-18/h16,19H,2-15H2,1H3. The van der Waals surface area contributed by atoms with Gasteiger partial charge in [-0.05, 0) is 32.4 Å². The summed E-state index contributed by atoms with van der Waals surface area (Å²) in [6.07, 6.45) is 12.2. The molecule has 0 amide bonds. The topological polar surface area (TPSA) is 40.5 Å². The number of unbranched alkanes of at least 4 members (excludes halogenated alkanes) is 6. The molecule has 1 aliphatic rings. The van der Waals surface area contributed by atoms with Gasteiger partial charge in [-0.25, -0.2) is 0 Å². The molecule has 0 aromatic heterocycles. The highest BCUT2D eigenvalue weighted by Crippen LogP contribution is 2.12. The lowest BCUT2D eigenvalue weighted by atomic mass is 10.0. The number of aliphatic hydroxyl groups excluding tert-OH is 1. The summed E-state index contributed by atoms with van der Waals surface area (Å²) in [5, 5.41) is 9.91. The SMILES string of the molecule is CCCCCCCCCC(O)C(=O)CN1CCCCC1. The van der Waals surface area contributed by atoms with Gasteiger partial charge in [0.05, 0.1) is 6.54 Å². The van der Waals surface area contributed by atoms with Gasteiger partial charge in [0, 0.05) is 0 Å². The molecule has 0 aromatic carbocycles. The van der Waals surface area contributed by atoms with Crippen molar-refractivity contribution in [2.45, 2.75) is 83.7 Å². The lowest BCUT2D eigenvalue weighted by Crippen LogP contribution is -2.38. The molecule has 1 heterocycles. The Hall–Kier alpha value is -0.410. The molecule has 0 bridgehead atoms. The van der Waals surface area contributed by atoms with E-state index in [9.17, 15) is 9.90 Å². The largest absolute Gasteiger partial charge is 0.385 e. The fourth-order valence-electron chi connectivity index (χ4n) is 2.90. The number of nitrogens with zero attached hydrogens (tertiary/aromatic N) is 1. The molecule has 1 saturated heterocycles. The van der Waals surface area contributed by atoms with E-state index in [-0.39, 0.29) is 5.78 Å². The highest BCUT2D eigenvalue weighted by atomic mass is 16.3. The summed E-state index contributed by atoms with van der Waals surface area (Å²) in [6.45, 7) is 4.73. The fraction of sp³-hybridized carbons (Fsp3) is 0.941. The molecule has 3 heteroatoms. The highest BCUT2D eigenvalue weighted by molar-refractivity contribution is 5.84. The molecule has 1 unspecified atom stereocenters. The van der Waals surface area contributed by atoms with Crippen molar-refractivity contribution in [2.75, 3.05) is 19.6 Å². The zero-order chi connectivity index (χ0) is 14.6. The van der Waals surface area contributed by atoms with Crippen molar-refractivity contribution >= 4 is 5.78 Å². The third kappa shape index (κ3) is 8.01. The quantitative estimate of drug-likeness (QED) is 0.590. The second kappa shape index (κ2) is 11.3. The van der Waals surface area contributed by atoms with E-state index in [2.05, 4.69) is 11.8 Å². The van der Waals surface area contributed by atoms with Crippen LogP contribution in [0.15, 0.2) is 0 Å². The minimum atomic E-state index is -0.729. The van der Waals surface area contributed by atoms with Crippen LogP contribution in [0.25, 0.3) is 0 Å². The van der Waals surface area contributed by atoms with Crippen LogP contribution < -0.4 is 0 Å². The van der Waals surface area contributed by atoms with Gasteiger partial charge < -0.3 is 5.11 Å². The number of ketones is 1. The van der Waals surface area contributed by atoms with Crippen LogP contribution in [0.5, 0.6) is 0 Å². The molecule has 0 aromatic rings. The Bertz CT molecular complexity index is 249. The van der Waals surface area contributed by atoms with Gasteiger partial charge in [0.15, 0.2) is 5.78 Å². The van der Waals surface area contributed by atoms with Crippen LogP contribution >= 0.6 is 0 Å². The summed E-state index contributed by atoms with van der Waals surface area (Å²) >= 11 is 0. The van der Waals surface area contributed by atoms with Gasteiger partial charge in [-0.2, -0.15) is 0 Å². The molecule has 1 N–H and O–H groups in total. The molecule has 0 saturated carbocycles. The number of hydrogen-bond acceptors (Lipinski definition) is 3. The first-order chi connectivity index (χ1) is 9.74. The predicted molar refractivity (Wildman–Crippen MR) is 83.9 cm³/mol. The predicted octanol–water partition coefficient (Wildman–Crippen LogP) is 3.54. The zero-order valence-electron chi connectivity index (χ0n) is 13.3. The summed E-state index contributed by atoms with van der Waals surface area (Å²) in [5.74, 6) is 0.0258. The molecule has 0 aliphatic carbocycles. The normalized spacial score (nSPS) is 18.1. The molecule has 0 radical (unpaired) electrons. The fourth-order valence-corrected chi connectivity index (χ4v) is 2.90. The number of piperidine rings is 1. The number of rotatable bonds is 11. The second-order valence-corrected chi connectivity index (χ2v) is 6.23. The molecule has 118 valence electrons. The molecule has 1 rings (SSSR count). The van der Waals surface area contributed by atoms with Crippen LogP contribution in [0.1, 0.15) is 77.6 Å². The van der Waals surface area contributed by atoms with Gasteiger partial charge in [-0.1, -0.05) is 58.3 Å². The Morgan fingerprint density at radius 3 is 2.25 bits per heavy atom. The number of carbonyl (C=O) groups excluding carboxylic acids is 1. The van der Waals surface area contributed by atoms with Gasteiger partial charge in [0.1, 0.15) is 6.10 Å². The Kier molecular flexibility index (Phi) is 9.94. The maximum absolute atomic E-state index is 11.9. The van der Waals surface area contributed by atoms with Crippen LogP contribution in [-0.4, -0.2) is 41.5 Å². The maximum atomic E-state index is 11.9. The Labute approximate surface area is 124 Å². The number of aliphatic hydroxyl groups is 1. The number of Topliss-reactive ketones (excluding diaryl/α,β-unsaturated/α-hetero) is 1. The van der Waals surface area contributed by atoms with E-state index in [1.165, 1.54) is 51.4 Å². The number of likely N-dealkylation sites (tertiary alicyclic amines) is 1. The van der Waals surface area contributed by atoms with E-state index < -0.39 is 6.10 Å². The first-order valence-corrected chi connectivity index (χ1v) is 8.67. The first kappa shape index (κ1) is 17.6. The zero-order valence-corrected chi connectivity index (χ0v) is 13.3. The molecular weight excluding hydrogens is 250 g/mol. The van der Waals surface area contributed by atoms with E-state index >= 15 is 0 Å². The minimum Gasteiger partial charge on any atom is -0.385 e. The Morgan fingerprint density at radius 1 is 1.00 bits per heavy atom. The Balaban J connectivity index is 2.00. The van der Waals surface area contributed by atoms with Gasteiger partial charge >= 0.3 is 0 Å². The third-order valence-corrected chi connectivity index (χ3v) is 4.28. The van der Waals surface area contributed by atoms with E-state index in [0.29, 0.717) is 13.0 Å². The summed E-state index contributed by atoms with van der Waals surface area (Å²) < 4.78 is 0. The molecule has 1 fully saturated rings. The average Bonchev–Trinajstić information content (AvgIpc) is 2.47. The maximum Gasteiger partial charge on any atom is 0.175 e. The van der Waals surface area contributed by atoms with Crippen LogP contribution in [0.3, 0.4) is 0 Å². The second-order valence-electron chi connectivity index (χ2n) is 6.23. The number of hydrogen-bond donors (Lipinski definition) is 1. The van der Waals surface area contributed by atoms with Gasteiger partial charge in [0.2, 0.25) is 0 Å². The van der Waals surface area contributed by atoms with Gasteiger partial charge in [-0.3, -0.25) is 9.69 Å². The third-order valence-electron chi connectivity index (χ3n) is 4.28. The lowest BCUT2D eigenvalue weighted by molar-refractivity contribution is -0.128. The summed E-state index contributed by atoms with van der Waals surface area (Å²) in [4.78, 5) is 14.1. The van der Waals surface area contributed by atoms with Crippen LogP contribution in [0.2, 0.25) is 0 Å². The monoisotopic (exact) mass is 283 g/mol. The van der Waals surface area contributed by atoms with Crippen LogP contribution in [-0.2, 0) is 4.79 Å². The van der Waals surface area contributed by atoms with Crippen molar-refractivity contribution in [3.8, 4) is 0 Å². The van der Waals surface area contributed by atoms with Crippen molar-refractivity contribution in [1.29, 1.82) is 0 Å². The van der Waals surface area contributed by atoms with Crippen molar-refractivity contribution in [1.82, 2.24) is 4.90 Å². The van der Waals surface area contributed by atoms with Crippen molar-refractivity contribution in [2.24, 2.45) is 0 Å². The van der Waals surface area contributed by atoms with Crippen LogP contribution in [0, 0.1) is 0 Å². The van der Waals surface area contributed by atoms with Crippen molar-refractivity contribution in [3.63, 3.8) is 0 Å². The van der Waals surface area contributed by atoms with E-state index in [4.69, 9.17) is 0 Å². The van der Waals surface area contributed by atoms with Gasteiger partial charge in [-0.15, -0.1) is 0 Å². The molecule has 3 nitrogen and oxygen atoms in total. The summed E-state index contributed by atoms with van der Waals surface area (Å²) in [6, 6.07) is 0. The molecule has 0 spiro atoms. The number of carbonyl (C=O) groups is 1.